The van der Waals surface area contributed by atoms with E-state index in [1.807, 2.05) is 6.92 Å². The molecule has 7 nitrogen and oxygen atoms in total. The van der Waals surface area contributed by atoms with Gasteiger partial charge in [0.05, 0.1) is 17.4 Å². The minimum atomic E-state index is -3.90. The van der Waals surface area contributed by atoms with Gasteiger partial charge in [0, 0.05) is 5.54 Å². The molecule has 0 atom stereocenters. The summed E-state index contributed by atoms with van der Waals surface area (Å²) in [5.74, 6) is -2.37. The first-order valence-corrected chi connectivity index (χ1v) is 8.37. The van der Waals surface area contributed by atoms with Crippen LogP contribution in [0.15, 0.2) is 18.2 Å². The Bertz CT molecular complexity index is 693. The van der Waals surface area contributed by atoms with Crippen molar-refractivity contribution in [2.75, 3.05) is 6.26 Å². The number of carbonyl (C=O) groups excluding carboxylic acids is 1. The first-order valence-electron chi connectivity index (χ1n) is 6.55. The lowest BCUT2D eigenvalue weighted by Gasteiger charge is -2.25. The monoisotopic (exact) mass is 329 g/mol. The molecule has 1 aromatic carbocycles. The Kier molecular flexibility index (Phi) is 5.18. The molecule has 0 spiro atoms. The average molecular weight is 329 g/mol. The zero-order chi connectivity index (χ0) is 17.1. The van der Waals surface area contributed by atoms with Gasteiger partial charge in [0.25, 0.3) is 5.91 Å². The Morgan fingerprint density at radius 3 is 2.36 bits per heavy atom. The summed E-state index contributed by atoms with van der Waals surface area (Å²) in [6.45, 7) is 5.40. The van der Waals surface area contributed by atoms with Crippen molar-refractivity contribution in [3.63, 3.8) is 0 Å². The topological polar surface area (TPSA) is 110 Å². The molecule has 1 amide bonds. The van der Waals surface area contributed by atoms with Crippen molar-refractivity contribution >= 4 is 22.0 Å². The molecule has 0 aliphatic carbocycles. The summed E-state index contributed by atoms with van der Waals surface area (Å²) in [6, 6.07) is 3.76. The zero-order valence-electron chi connectivity index (χ0n) is 12.8. The highest BCUT2D eigenvalue weighted by molar-refractivity contribution is 7.86. The van der Waals surface area contributed by atoms with Crippen molar-refractivity contribution in [1.82, 2.24) is 5.32 Å². The van der Waals surface area contributed by atoms with E-state index in [0.717, 1.165) is 6.26 Å². The first kappa shape index (κ1) is 18.0. The summed E-state index contributed by atoms with van der Waals surface area (Å²) < 4.78 is 27.3. The van der Waals surface area contributed by atoms with E-state index in [1.54, 1.807) is 13.8 Å². The highest BCUT2D eigenvalue weighted by Crippen LogP contribution is 2.25. The predicted octanol–water partition coefficient (Wildman–Crippen LogP) is 1.64. The Morgan fingerprint density at radius 2 is 1.91 bits per heavy atom. The molecule has 2 N–H and O–H groups in total. The molecule has 0 fully saturated rings. The summed E-state index contributed by atoms with van der Waals surface area (Å²) >= 11 is 0. The van der Waals surface area contributed by atoms with E-state index in [2.05, 4.69) is 5.32 Å². The Balaban J connectivity index is 3.41. The fraction of sp³-hybridized carbons (Fsp3) is 0.429. The Labute approximate surface area is 129 Å². The normalized spacial score (nSPS) is 11.8. The Morgan fingerprint density at radius 1 is 1.32 bits per heavy atom. The molecule has 8 heteroatoms. The van der Waals surface area contributed by atoms with Crippen LogP contribution in [0.5, 0.6) is 5.75 Å². The minimum absolute atomic E-state index is 0.313. The number of nitrogens with one attached hydrogen (secondary N) is 1. The number of amides is 1. The van der Waals surface area contributed by atoms with Gasteiger partial charge in [0.2, 0.25) is 0 Å². The van der Waals surface area contributed by atoms with E-state index in [4.69, 9.17) is 4.18 Å². The maximum Gasteiger partial charge on any atom is 0.336 e. The van der Waals surface area contributed by atoms with Gasteiger partial charge < -0.3 is 14.6 Å². The average Bonchev–Trinajstić information content (AvgIpc) is 2.35. The van der Waals surface area contributed by atoms with Crippen LogP contribution in [0.1, 0.15) is 47.9 Å². The van der Waals surface area contributed by atoms with E-state index in [0.29, 0.717) is 6.42 Å². The maximum atomic E-state index is 12.4. The number of carboxylic acid groups (broad SMARTS) is 1. The van der Waals surface area contributed by atoms with Gasteiger partial charge in [0.1, 0.15) is 0 Å². The van der Waals surface area contributed by atoms with Crippen LogP contribution in [-0.4, -0.2) is 37.2 Å². The third kappa shape index (κ3) is 4.73. The molecule has 1 aromatic rings. The fourth-order valence-corrected chi connectivity index (χ4v) is 2.10. The van der Waals surface area contributed by atoms with Crippen molar-refractivity contribution in [3.05, 3.63) is 29.3 Å². The highest BCUT2D eigenvalue weighted by atomic mass is 32.2. The SMILES string of the molecule is CCC(C)(C)NC(=O)c1c(OS(C)(=O)=O)cccc1C(=O)O. The van der Waals surface area contributed by atoms with Crippen molar-refractivity contribution in [1.29, 1.82) is 0 Å². The minimum Gasteiger partial charge on any atom is -0.478 e. The number of benzene rings is 1. The van der Waals surface area contributed by atoms with Crippen LogP contribution < -0.4 is 9.50 Å². The number of carbonyl (C=O) groups is 2. The molecule has 0 heterocycles. The Hall–Kier alpha value is -2.09. The predicted molar refractivity (Wildman–Crippen MR) is 80.7 cm³/mol. The molecular weight excluding hydrogens is 310 g/mol. The summed E-state index contributed by atoms with van der Waals surface area (Å²) in [5.41, 5.74) is -1.22. The second-order valence-corrected chi connectivity index (χ2v) is 7.04. The molecule has 0 unspecified atom stereocenters. The molecule has 0 saturated carbocycles. The van der Waals surface area contributed by atoms with Crippen molar-refractivity contribution in [3.8, 4) is 5.75 Å². The van der Waals surface area contributed by atoms with E-state index in [1.165, 1.54) is 18.2 Å². The molecule has 0 bridgehead atoms. The van der Waals surface area contributed by atoms with E-state index < -0.39 is 27.5 Å². The smallest absolute Gasteiger partial charge is 0.336 e. The second kappa shape index (κ2) is 6.35. The second-order valence-electron chi connectivity index (χ2n) is 5.46. The van der Waals surface area contributed by atoms with Crippen LogP contribution in [0.25, 0.3) is 0 Å². The number of hydrogen-bond donors (Lipinski definition) is 2. The van der Waals surface area contributed by atoms with Crippen molar-refractivity contribution < 1.29 is 27.3 Å². The van der Waals surface area contributed by atoms with Gasteiger partial charge in [-0.3, -0.25) is 4.79 Å². The van der Waals surface area contributed by atoms with Crippen molar-refractivity contribution in [2.45, 2.75) is 32.7 Å². The van der Waals surface area contributed by atoms with Gasteiger partial charge >= 0.3 is 16.1 Å². The van der Waals surface area contributed by atoms with Gasteiger partial charge in [0.15, 0.2) is 5.75 Å². The molecule has 1 rings (SSSR count). The molecule has 122 valence electrons. The molecule has 0 aromatic heterocycles. The van der Waals surface area contributed by atoms with E-state index in [-0.39, 0.29) is 16.9 Å². The molecular formula is C14H19NO6S. The van der Waals surface area contributed by atoms with Crippen LogP contribution in [0.3, 0.4) is 0 Å². The third-order valence-electron chi connectivity index (χ3n) is 3.06. The fourth-order valence-electron chi connectivity index (χ4n) is 1.63. The van der Waals surface area contributed by atoms with Crippen LogP contribution in [0, 0.1) is 0 Å². The number of hydrogen-bond acceptors (Lipinski definition) is 5. The van der Waals surface area contributed by atoms with Crippen LogP contribution >= 0.6 is 0 Å². The van der Waals surface area contributed by atoms with Crippen molar-refractivity contribution in [2.24, 2.45) is 0 Å². The summed E-state index contributed by atoms with van der Waals surface area (Å²) in [6.07, 6.45) is 1.42. The number of carboxylic acids is 1. The van der Waals surface area contributed by atoms with Gasteiger partial charge in [-0.1, -0.05) is 13.0 Å². The molecule has 22 heavy (non-hydrogen) atoms. The largest absolute Gasteiger partial charge is 0.478 e. The number of aromatic carboxylic acids is 1. The summed E-state index contributed by atoms with van der Waals surface area (Å²) in [7, 11) is -3.90. The van der Waals surface area contributed by atoms with Gasteiger partial charge in [-0.25, -0.2) is 4.79 Å². The lowest BCUT2D eigenvalue weighted by molar-refractivity contribution is 0.0688. The van der Waals surface area contributed by atoms with Gasteiger partial charge in [-0.15, -0.1) is 0 Å². The molecule has 0 aliphatic rings. The highest BCUT2D eigenvalue weighted by Gasteiger charge is 2.27. The molecule has 0 saturated heterocycles. The van der Waals surface area contributed by atoms with Crippen LogP contribution in [0.4, 0.5) is 0 Å². The summed E-state index contributed by atoms with van der Waals surface area (Å²) in [5, 5.41) is 11.9. The van der Waals surface area contributed by atoms with Crippen LogP contribution in [-0.2, 0) is 10.1 Å². The summed E-state index contributed by atoms with van der Waals surface area (Å²) in [4.78, 5) is 23.7. The number of rotatable bonds is 6. The quantitative estimate of drug-likeness (QED) is 0.768. The molecule has 0 radical (unpaired) electrons. The van der Waals surface area contributed by atoms with E-state index in [9.17, 15) is 23.1 Å². The lowest BCUT2D eigenvalue weighted by Crippen LogP contribution is -2.43. The van der Waals surface area contributed by atoms with Crippen LogP contribution in [0.2, 0.25) is 0 Å². The zero-order valence-corrected chi connectivity index (χ0v) is 13.7. The maximum absolute atomic E-state index is 12.4. The molecule has 0 aliphatic heterocycles. The van der Waals surface area contributed by atoms with Gasteiger partial charge in [-0.2, -0.15) is 8.42 Å². The lowest BCUT2D eigenvalue weighted by atomic mass is 9.99. The standard InChI is InChI=1S/C14H19NO6S/c1-5-14(2,3)15-12(16)11-9(13(17)18)7-6-8-10(11)21-22(4,19)20/h6-8H,5H2,1-4H3,(H,15,16)(H,17,18). The van der Waals surface area contributed by atoms with E-state index >= 15 is 0 Å². The first-order chi connectivity index (χ1) is 9.97. The van der Waals surface area contributed by atoms with Gasteiger partial charge in [-0.05, 0) is 32.4 Å². The third-order valence-corrected chi connectivity index (χ3v) is 3.54.